The molecular weight excluding hydrogens is 456 g/mol. The maximum atomic E-state index is 12.6. The number of hydrogen-bond donors (Lipinski definition) is 4. The van der Waals surface area contributed by atoms with Crippen LogP contribution in [0.3, 0.4) is 0 Å². The van der Waals surface area contributed by atoms with Gasteiger partial charge in [0.1, 0.15) is 12.6 Å². The van der Waals surface area contributed by atoms with Crippen molar-refractivity contribution in [3.05, 3.63) is 0 Å². The predicted octanol–water partition coefficient (Wildman–Crippen LogP) is 0.670. The quantitative estimate of drug-likeness (QED) is 0.255. The number of esters is 1. The summed E-state index contributed by atoms with van der Waals surface area (Å²) >= 11 is 0. The second-order valence-electron chi connectivity index (χ2n) is 10.2. The number of rotatable bonds is 14. The van der Waals surface area contributed by atoms with Crippen LogP contribution in [-0.2, 0) is 28.7 Å². The minimum absolute atomic E-state index is 0.155. The van der Waals surface area contributed by atoms with Gasteiger partial charge in [-0.1, -0.05) is 20.8 Å². The number of hydrogen-bond acceptors (Lipinski definition) is 7. The Morgan fingerprint density at radius 1 is 1.14 bits per heavy atom. The number of amides is 3. The smallest absolute Gasteiger partial charge is 0.325 e. The van der Waals surface area contributed by atoms with Crippen LogP contribution in [-0.4, -0.2) is 85.0 Å². The highest BCUT2D eigenvalue weighted by Gasteiger charge is 2.26. The Kier molecular flexibility index (Phi) is 13.3. The lowest BCUT2D eigenvalue weighted by atomic mass is 9.92. The van der Waals surface area contributed by atoms with E-state index in [-0.39, 0.29) is 24.5 Å². The van der Waals surface area contributed by atoms with E-state index >= 15 is 0 Å². The van der Waals surface area contributed by atoms with Crippen LogP contribution in [0.5, 0.6) is 0 Å². The lowest BCUT2D eigenvalue weighted by molar-refractivity contribution is -0.147. The van der Waals surface area contributed by atoms with Crippen LogP contribution < -0.4 is 16.0 Å². The van der Waals surface area contributed by atoms with Gasteiger partial charge in [0.15, 0.2) is 0 Å². The molecule has 0 spiro atoms. The molecule has 3 amide bonds. The Morgan fingerprint density at radius 2 is 1.80 bits per heavy atom. The molecule has 0 aromatic heterocycles. The number of carbonyl (C=O) groups is 5. The molecule has 0 aromatic carbocycles. The Hall–Kier alpha value is -2.69. The molecule has 0 radical (unpaired) electrons. The summed E-state index contributed by atoms with van der Waals surface area (Å²) in [6, 6.07) is -1.39. The highest BCUT2D eigenvalue weighted by atomic mass is 16.5. The first-order valence-electron chi connectivity index (χ1n) is 12.3. The molecule has 0 bridgehead atoms. The van der Waals surface area contributed by atoms with Crippen molar-refractivity contribution in [2.24, 2.45) is 11.3 Å². The number of aliphatic carboxylic acids is 1. The highest BCUT2D eigenvalue weighted by Crippen LogP contribution is 2.19. The van der Waals surface area contributed by atoms with Crippen molar-refractivity contribution in [3.8, 4) is 0 Å². The van der Waals surface area contributed by atoms with Crippen LogP contribution in [0.2, 0.25) is 0 Å². The van der Waals surface area contributed by atoms with Gasteiger partial charge >= 0.3 is 11.9 Å². The van der Waals surface area contributed by atoms with Gasteiger partial charge in [-0.05, 0) is 57.0 Å². The third-order valence-electron chi connectivity index (χ3n) is 5.63. The van der Waals surface area contributed by atoms with Crippen molar-refractivity contribution in [2.45, 2.75) is 72.3 Å². The van der Waals surface area contributed by atoms with Gasteiger partial charge in [-0.3, -0.25) is 24.0 Å². The van der Waals surface area contributed by atoms with E-state index in [2.05, 4.69) is 16.0 Å². The lowest BCUT2D eigenvalue weighted by Crippen LogP contribution is -2.51. The number of likely N-dealkylation sites (N-methyl/N-ethyl adjacent to an activating group) is 1. The lowest BCUT2D eigenvalue weighted by Gasteiger charge is -2.24. The van der Waals surface area contributed by atoms with Crippen molar-refractivity contribution in [1.29, 1.82) is 0 Å². The van der Waals surface area contributed by atoms with Gasteiger partial charge in [-0.25, -0.2) is 0 Å². The zero-order valence-corrected chi connectivity index (χ0v) is 21.5. The van der Waals surface area contributed by atoms with E-state index in [9.17, 15) is 24.0 Å². The standard InChI is InChI=1S/C24H42N4O7/c1-5-28(20(30)8-6-7-17-9-11-25-12-10-17)15-19(29)27-18(13-21(31)32)23(34)26-14-22(33)35-16-24(2,3)4/h17-18,25H,5-16H2,1-4H3,(H,26,34)(H,27,29)(H,31,32)/t18-/m0/s1. The minimum atomic E-state index is -1.39. The first kappa shape index (κ1) is 30.3. The average Bonchev–Trinajstić information content (AvgIpc) is 2.79. The first-order valence-corrected chi connectivity index (χ1v) is 12.3. The molecule has 200 valence electrons. The fourth-order valence-corrected chi connectivity index (χ4v) is 3.67. The number of nitrogens with zero attached hydrogens (tertiary/aromatic N) is 1. The van der Waals surface area contributed by atoms with Gasteiger partial charge in [0, 0.05) is 13.0 Å². The third-order valence-corrected chi connectivity index (χ3v) is 5.63. The fourth-order valence-electron chi connectivity index (χ4n) is 3.67. The summed E-state index contributed by atoms with van der Waals surface area (Å²) in [5, 5.41) is 17.1. The normalized spacial score (nSPS) is 15.1. The van der Waals surface area contributed by atoms with E-state index < -0.39 is 42.8 Å². The molecule has 0 unspecified atom stereocenters. The zero-order valence-electron chi connectivity index (χ0n) is 21.5. The topological polar surface area (TPSA) is 154 Å². The van der Waals surface area contributed by atoms with Gasteiger partial charge < -0.3 is 30.7 Å². The SMILES string of the molecule is CCN(CC(=O)N[C@@H](CC(=O)O)C(=O)NCC(=O)OCC(C)(C)C)C(=O)CCCC1CCNCC1. The fraction of sp³-hybridized carbons (Fsp3) is 0.792. The molecule has 0 aliphatic carbocycles. The van der Waals surface area contributed by atoms with Crippen LogP contribution >= 0.6 is 0 Å². The van der Waals surface area contributed by atoms with E-state index in [1.54, 1.807) is 6.92 Å². The van der Waals surface area contributed by atoms with Crippen molar-refractivity contribution in [3.63, 3.8) is 0 Å². The Labute approximate surface area is 207 Å². The molecule has 11 nitrogen and oxygen atoms in total. The van der Waals surface area contributed by atoms with Crippen LogP contribution in [0, 0.1) is 11.3 Å². The number of piperidine rings is 1. The Morgan fingerprint density at radius 3 is 2.37 bits per heavy atom. The maximum absolute atomic E-state index is 12.6. The molecule has 0 aromatic rings. The molecule has 1 rings (SSSR count). The van der Waals surface area contributed by atoms with Crippen molar-refractivity contribution < 1.29 is 33.8 Å². The number of carboxylic acids is 1. The Balaban J connectivity index is 2.52. The molecule has 1 aliphatic rings. The van der Waals surface area contributed by atoms with Crippen molar-refractivity contribution in [2.75, 3.05) is 39.3 Å². The van der Waals surface area contributed by atoms with Gasteiger partial charge in [0.2, 0.25) is 17.7 Å². The molecule has 1 aliphatic heterocycles. The monoisotopic (exact) mass is 498 g/mol. The van der Waals surface area contributed by atoms with E-state index in [1.165, 1.54) is 4.90 Å². The first-order chi connectivity index (χ1) is 16.4. The van der Waals surface area contributed by atoms with Gasteiger partial charge in [-0.2, -0.15) is 0 Å². The zero-order chi connectivity index (χ0) is 26.4. The van der Waals surface area contributed by atoms with Crippen LogP contribution in [0.15, 0.2) is 0 Å². The van der Waals surface area contributed by atoms with Crippen LogP contribution in [0.25, 0.3) is 0 Å². The summed E-state index contributed by atoms with van der Waals surface area (Å²) in [6.45, 7) is 9.17. The number of nitrogens with one attached hydrogen (secondary N) is 3. The summed E-state index contributed by atoms with van der Waals surface area (Å²) in [4.78, 5) is 61.9. The van der Waals surface area contributed by atoms with Gasteiger partial charge in [-0.15, -0.1) is 0 Å². The third kappa shape index (κ3) is 13.7. The largest absolute Gasteiger partial charge is 0.481 e. The molecule has 35 heavy (non-hydrogen) atoms. The van der Waals surface area contributed by atoms with E-state index in [4.69, 9.17) is 9.84 Å². The predicted molar refractivity (Wildman–Crippen MR) is 129 cm³/mol. The van der Waals surface area contributed by atoms with E-state index in [1.807, 2.05) is 20.8 Å². The number of carboxylic acid groups (broad SMARTS) is 1. The summed E-state index contributed by atoms with van der Waals surface area (Å²) in [5.74, 6) is -2.95. The molecule has 0 saturated carbocycles. The second kappa shape index (κ2) is 15.3. The van der Waals surface area contributed by atoms with Crippen molar-refractivity contribution >= 4 is 29.7 Å². The second-order valence-corrected chi connectivity index (χ2v) is 10.2. The van der Waals surface area contributed by atoms with Crippen molar-refractivity contribution in [1.82, 2.24) is 20.9 Å². The van der Waals surface area contributed by atoms with Gasteiger partial charge in [0.25, 0.3) is 0 Å². The summed E-state index contributed by atoms with van der Waals surface area (Å²) in [7, 11) is 0. The number of carbonyl (C=O) groups excluding carboxylic acids is 4. The summed E-state index contributed by atoms with van der Waals surface area (Å²) in [6.07, 6.45) is 3.60. The highest BCUT2D eigenvalue weighted by molar-refractivity contribution is 5.93. The van der Waals surface area contributed by atoms with E-state index in [0.29, 0.717) is 18.9 Å². The van der Waals surface area contributed by atoms with E-state index in [0.717, 1.165) is 38.8 Å². The molecule has 4 N–H and O–H groups in total. The van der Waals surface area contributed by atoms with Crippen LogP contribution in [0.1, 0.15) is 66.2 Å². The molecule has 1 saturated heterocycles. The number of ether oxygens (including phenoxy) is 1. The molecule has 1 fully saturated rings. The molecule has 11 heteroatoms. The summed E-state index contributed by atoms with van der Waals surface area (Å²) < 4.78 is 5.06. The maximum Gasteiger partial charge on any atom is 0.325 e. The average molecular weight is 499 g/mol. The summed E-state index contributed by atoms with van der Waals surface area (Å²) in [5.41, 5.74) is -0.241. The molecule has 1 atom stereocenters. The molecular formula is C24H42N4O7. The minimum Gasteiger partial charge on any atom is -0.481 e. The van der Waals surface area contributed by atoms with Gasteiger partial charge in [0.05, 0.1) is 19.6 Å². The molecule has 1 heterocycles. The van der Waals surface area contributed by atoms with Crippen LogP contribution in [0.4, 0.5) is 0 Å². The Bertz CT molecular complexity index is 730.